The van der Waals surface area contributed by atoms with E-state index in [4.69, 9.17) is 0 Å². The van der Waals surface area contributed by atoms with Crippen molar-refractivity contribution >= 4 is 29.2 Å². The van der Waals surface area contributed by atoms with Crippen LogP contribution in [0.25, 0.3) is 0 Å². The lowest BCUT2D eigenvalue weighted by Crippen LogP contribution is -2.31. The minimum atomic E-state index is -4.63. The van der Waals surface area contributed by atoms with Crippen molar-refractivity contribution in [2.24, 2.45) is 5.10 Å². The number of hydrazone groups is 1. The van der Waals surface area contributed by atoms with Crippen molar-refractivity contribution in [2.75, 3.05) is 4.90 Å². The first-order chi connectivity index (χ1) is 17.0. The van der Waals surface area contributed by atoms with Gasteiger partial charge in [-0.25, -0.2) is 18.5 Å². The van der Waals surface area contributed by atoms with Crippen molar-refractivity contribution in [1.82, 2.24) is 5.01 Å². The zero-order valence-corrected chi connectivity index (χ0v) is 18.1. The smallest absolute Gasteiger partial charge is 0.262 e. The van der Waals surface area contributed by atoms with Crippen LogP contribution in [-0.4, -0.2) is 28.6 Å². The molecule has 1 aliphatic carbocycles. The average Bonchev–Trinajstić information content (AvgIpc) is 3.28. The van der Waals surface area contributed by atoms with Gasteiger partial charge in [-0.05, 0) is 72.1 Å². The van der Waals surface area contributed by atoms with E-state index in [0.29, 0.717) is 38.7 Å². The first-order valence-corrected chi connectivity index (χ1v) is 10.6. The number of hydrogen-bond acceptors (Lipinski definition) is 4. The molecule has 3 aromatic rings. The Bertz CT molecular complexity index is 1430. The quantitative estimate of drug-likeness (QED) is 0.289. The summed E-state index contributed by atoms with van der Waals surface area (Å²) in [5, 5.41) is 4.50. The molecule has 1 unspecified atom stereocenters. The number of alkyl halides is 3. The van der Waals surface area contributed by atoms with Gasteiger partial charge in [0.05, 0.1) is 17.0 Å². The van der Waals surface area contributed by atoms with E-state index < -0.39 is 47.1 Å². The van der Waals surface area contributed by atoms with Crippen molar-refractivity contribution in [3.63, 3.8) is 0 Å². The predicted molar refractivity (Wildman–Crippen MR) is 117 cm³/mol. The van der Waals surface area contributed by atoms with Crippen LogP contribution >= 0.6 is 0 Å². The molecular formula is C25H14F5N3O3. The van der Waals surface area contributed by atoms with E-state index in [1.807, 2.05) is 0 Å². The van der Waals surface area contributed by atoms with E-state index in [1.165, 1.54) is 42.5 Å². The predicted octanol–water partition coefficient (Wildman–Crippen LogP) is 5.02. The van der Waals surface area contributed by atoms with Crippen LogP contribution < -0.4 is 4.90 Å². The highest BCUT2D eigenvalue weighted by Crippen LogP contribution is 2.37. The van der Waals surface area contributed by atoms with Gasteiger partial charge < -0.3 is 0 Å². The Hall–Kier alpha value is -4.41. The number of benzene rings is 3. The van der Waals surface area contributed by atoms with Gasteiger partial charge in [0.15, 0.2) is 0 Å². The van der Waals surface area contributed by atoms with Gasteiger partial charge in [-0.2, -0.15) is 18.3 Å². The molecule has 0 saturated carbocycles. The molecule has 1 heterocycles. The molecule has 4 amide bonds. The van der Waals surface area contributed by atoms with Crippen LogP contribution in [0.1, 0.15) is 28.2 Å². The highest BCUT2D eigenvalue weighted by molar-refractivity contribution is 6.52. The van der Waals surface area contributed by atoms with E-state index in [-0.39, 0.29) is 17.8 Å². The van der Waals surface area contributed by atoms with Crippen molar-refractivity contribution in [2.45, 2.75) is 18.5 Å². The summed E-state index contributed by atoms with van der Waals surface area (Å²) in [4.78, 5) is 38.7. The van der Waals surface area contributed by atoms with Crippen LogP contribution in [0.5, 0.6) is 0 Å². The number of halogens is 5. The minimum Gasteiger partial charge on any atom is -0.262 e. The van der Waals surface area contributed by atoms with Gasteiger partial charge in [-0.1, -0.05) is 12.1 Å². The summed E-state index contributed by atoms with van der Waals surface area (Å²) in [7, 11) is 0. The number of urea groups is 1. The molecule has 5 rings (SSSR count). The second kappa shape index (κ2) is 8.36. The lowest BCUT2D eigenvalue weighted by Gasteiger charge is -2.16. The fourth-order valence-corrected chi connectivity index (χ4v) is 4.26. The number of fused-ring (bicyclic) bond motifs is 1. The number of imide groups is 2. The van der Waals surface area contributed by atoms with Crippen LogP contribution in [0, 0.1) is 11.6 Å². The highest BCUT2D eigenvalue weighted by atomic mass is 19.4. The van der Waals surface area contributed by atoms with Crippen LogP contribution in [0.3, 0.4) is 0 Å². The Kier molecular flexibility index (Phi) is 5.42. The standard InChI is InChI=1S/C25H14F5N3O3/c26-16-5-1-13(2-6-16)20-12-14-11-17(27)7-10-19(14)21(20)31-33-23(35)22(34)32(24(33)36)18-8-3-15(4-9-18)25(28,29)30/h1-11,20H,12H2/b31-21+. The third-order valence-corrected chi connectivity index (χ3v) is 5.98. The molecule has 11 heteroatoms. The van der Waals surface area contributed by atoms with Crippen molar-refractivity contribution in [3.05, 3.63) is 101 Å². The molecule has 0 bridgehead atoms. The first kappa shape index (κ1) is 23.3. The number of nitrogens with zero attached hydrogens (tertiary/aromatic N) is 3. The largest absolute Gasteiger partial charge is 0.416 e. The Balaban J connectivity index is 1.54. The lowest BCUT2D eigenvalue weighted by atomic mass is 9.94. The maximum atomic E-state index is 13.9. The normalized spacial score (nSPS) is 19.0. The maximum Gasteiger partial charge on any atom is 0.416 e. The molecule has 1 saturated heterocycles. The van der Waals surface area contributed by atoms with Crippen LogP contribution in [0.4, 0.5) is 32.4 Å². The van der Waals surface area contributed by atoms with Gasteiger partial charge in [-0.15, -0.1) is 5.01 Å². The third-order valence-electron chi connectivity index (χ3n) is 5.98. The summed E-state index contributed by atoms with van der Waals surface area (Å²) in [6.07, 6.45) is -4.39. The van der Waals surface area contributed by atoms with E-state index in [2.05, 4.69) is 5.10 Å². The topological polar surface area (TPSA) is 70.1 Å². The first-order valence-electron chi connectivity index (χ1n) is 10.6. The highest BCUT2D eigenvalue weighted by Gasteiger charge is 2.47. The second-order valence-electron chi connectivity index (χ2n) is 8.18. The Labute approximate surface area is 200 Å². The minimum absolute atomic E-state index is 0.181. The second-order valence-corrected chi connectivity index (χ2v) is 8.18. The van der Waals surface area contributed by atoms with Gasteiger partial charge in [0.25, 0.3) is 0 Å². The fourth-order valence-electron chi connectivity index (χ4n) is 4.26. The van der Waals surface area contributed by atoms with Gasteiger partial charge in [0.2, 0.25) is 0 Å². The fraction of sp³-hybridized carbons (Fsp3) is 0.120. The molecule has 0 aromatic heterocycles. The summed E-state index contributed by atoms with van der Waals surface area (Å²) >= 11 is 0. The van der Waals surface area contributed by atoms with E-state index in [0.717, 1.165) is 12.1 Å². The summed E-state index contributed by atoms with van der Waals surface area (Å²) in [6, 6.07) is 11.3. The van der Waals surface area contributed by atoms with Crippen LogP contribution in [0.15, 0.2) is 71.8 Å². The number of anilines is 1. The molecule has 0 spiro atoms. The number of rotatable bonds is 3. The maximum absolute atomic E-state index is 13.9. The Morgan fingerprint density at radius 3 is 2.08 bits per heavy atom. The molecule has 0 N–H and O–H groups in total. The van der Waals surface area contributed by atoms with E-state index in [9.17, 15) is 36.3 Å². The molecule has 2 aliphatic rings. The molecule has 1 aliphatic heterocycles. The molecule has 1 atom stereocenters. The van der Waals surface area contributed by atoms with Gasteiger partial charge in [-0.3, -0.25) is 9.59 Å². The zero-order chi connectivity index (χ0) is 25.8. The molecule has 3 aromatic carbocycles. The zero-order valence-electron chi connectivity index (χ0n) is 18.1. The third kappa shape index (κ3) is 3.92. The van der Waals surface area contributed by atoms with Crippen molar-refractivity contribution in [1.29, 1.82) is 0 Å². The number of amides is 4. The Morgan fingerprint density at radius 2 is 1.44 bits per heavy atom. The molecule has 6 nitrogen and oxygen atoms in total. The summed E-state index contributed by atoms with van der Waals surface area (Å²) in [5.41, 5.74) is 0.501. The number of hydrogen-bond donors (Lipinski definition) is 0. The SMILES string of the molecule is O=C1C(=O)N(c2ccc(C(F)(F)F)cc2)C(=O)N1/N=C1\c2ccc(F)cc2CC1c1ccc(F)cc1. The summed E-state index contributed by atoms with van der Waals surface area (Å²) in [5.74, 6) is -4.18. The van der Waals surface area contributed by atoms with Gasteiger partial charge in [0, 0.05) is 11.5 Å². The van der Waals surface area contributed by atoms with Crippen molar-refractivity contribution in [3.8, 4) is 0 Å². The lowest BCUT2D eigenvalue weighted by molar-refractivity contribution is -0.139. The molecular weight excluding hydrogens is 485 g/mol. The van der Waals surface area contributed by atoms with Crippen LogP contribution in [0.2, 0.25) is 0 Å². The van der Waals surface area contributed by atoms with E-state index >= 15 is 0 Å². The molecule has 0 radical (unpaired) electrons. The number of carbonyl (C=O) groups excluding carboxylic acids is 3. The summed E-state index contributed by atoms with van der Waals surface area (Å²) in [6.45, 7) is 0. The van der Waals surface area contributed by atoms with Crippen molar-refractivity contribution < 1.29 is 36.3 Å². The van der Waals surface area contributed by atoms with E-state index in [1.54, 1.807) is 0 Å². The number of carbonyl (C=O) groups is 3. The Morgan fingerprint density at radius 1 is 0.806 bits per heavy atom. The van der Waals surface area contributed by atoms with Crippen LogP contribution in [-0.2, 0) is 22.2 Å². The van der Waals surface area contributed by atoms with Gasteiger partial charge >= 0.3 is 24.0 Å². The summed E-state index contributed by atoms with van der Waals surface area (Å²) < 4.78 is 66.0. The monoisotopic (exact) mass is 499 g/mol. The average molecular weight is 499 g/mol. The molecule has 36 heavy (non-hydrogen) atoms. The molecule has 1 fully saturated rings. The molecule has 182 valence electrons. The van der Waals surface area contributed by atoms with Gasteiger partial charge in [0.1, 0.15) is 11.6 Å².